The molecule has 54 valence electrons. The molecule has 0 bridgehead atoms. The van der Waals surface area contributed by atoms with Crippen molar-refractivity contribution in [3.63, 3.8) is 0 Å². The highest BCUT2D eigenvalue weighted by molar-refractivity contribution is 5.70. The second-order valence-electron chi connectivity index (χ2n) is 2.23. The maximum atomic E-state index is 10.1. The third-order valence-electron chi connectivity index (χ3n) is 1.33. The van der Waals surface area contributed by atoms with E-state index in [4.69, 9.17) is 4.42 Å². The zero-order chi connectivity index (χ0) is 7.40. The molecule has 1 heterocycles. The van der Waals surface area contributed by atoms with Gasteiger partial charge in [-0.05, 0) is 18.1 Å². The number of carbonyl (C=O) groups excluding carboxylic acids is 1. The number of aldehydes is 1. The summed E-state index contributed by atoms with van der Waals surface area (Å²) in [7, 11) is 0. The summed E-state index contributed by atoms with van der Waals surface area (Å²) in [6.07, 6.45) is 4.42. The molecule has 0 aliphatic rings. The highest BCUT2D eigenvalue weighted by atomic mass is 16.3. The molecule has 0 saturated carbocycles. The molecule has 0 N–H and O–H groups in total. The second-order valence-corrected chi connectivity index (χ2v) is 2.23. The van der Waals surface area contributed by atoms with Crippen molar-refractivity contribution < 1.29 is 12.1 Å². The molecule has 0 aromatic carbocycles. The van der Waals surface area contributed by atoms with Crippen LogP contribution >= 0.6 is 0 Å². The Morgan fingerprint density at radius 3 is 3.10 bits per heavy atom. The predicted molar refractivity (Wildman–Crippen MR) is 40.3 cm³/mol. The van der Waals surface area contributed by atoms with E-state index in [-0.39, 0.29) is 2.85 Å². The Hall–Kier alpha value is -1.05. The zero-order valence-corrected chi connectivity index (χ0v) is 5.96. The van der Waals surface area contributed by atoms with Gasteiger partial charge in [-0.25, -0.2) is 0 Å². The van der Waals surface area contributed by atoms with Crippen molar-refractivity contribution in [3.05, 3.63) is 23.7 Å². The molecule has 1 rings (SSSR count). The van der Waals surface area contributed by atoms with Crippen LogP contribution in [0.25, 0.3) is 0 Å². The van der Waals surface area contributed by atoms with Gasteiger partial charge in [0.15, 0.2) is 12.0 Å². The Morgan fingerprint density at radius 1 is 1.80 bits per heavy atom. The first-order chi connectivity index (χ1) is 4.86. The van der Waals surface area contributed by atoms with E-state index in [9.17, 15) is 4.79 Å². The monoisotopic (exact) mass is 140 g/mol. The van der Waals surface area contributed by atoms with Crippen molar-refractivity contribution in [1.82, 2.24) is 0 Å². The summed E-state index contributed by atoms with van der Waals surface area (Å²) in [6.45, 7) is 2.09. The van der Waals surface area contributed by atoms with Gasteiger partial charge in [-0.15, -0.1) is 0 Å². The highest BCUT2D eigenvalue weighted by Gasteiger charge is 1.97. The molecule has 0 spiro atoms. The topological polar surface area (TPSA) is 30.2 Å². The normalized spacial score (nSPS) is 9.70. The molecule has 2 heteroatoms. The minimum Gasteiger partial charge on any atom is -0.461 e. The summed E-state index contributed by atoms with van der Waals surface area (Å²) in [6, 6.07) is 1.77. The van der Waals surface area contributed by atoms with Crippen LogP contribution in [0.4, 0.5) is 0 Å². The van der Waals surface area contributed by atoms with E-state index in [1.807, 2.05) is 0 Å². The molecular weight excluding hydrogens is 128 g/mol. The van der Waals surface area contributed by atoms with Crippen LogP contribution in [-0.4, -0.2) is 6.29 Å². The summed E-state index contributed by atoms with van der Waals surface area (Å²) in [5.74, 6) is 0.420. The number of aryl methyl sites for hydroxylation is 1. The molecular formula is C8H12O2+2. The largest absolute Gasteiger partial charge is 1.00 e. The van der Waals surface area contributed by atoms with Crippen molar-refractivity contribution in [2.45, 2.75) is 19.8 Å². The standard InChI is InChI=1S/C8H10O2/c1-2-3-7-4-8(5-9)10-6-7/h4-6H,2-3H2,1H3/p+2. The van der Waals surface area contributed by atoms with Crippen molar-refractivity contribution in [2.75, 3.05) is 0 Å². The third-order valence-corrected chi connectivity index (χ3v) is 1.33. The van der Waals surface area contributed by atoms with Gasteiger partial charge in [-0.2, -0.15) is 0 Å². The molecule has 1 aromatic rings. The maximum Gasteiger partial charge on any atom is 1.00 e. The van der Waals surface area contributed by atoms with Crippen LogP contribution in [0.5, 0.6) is 0 Å². The van der Waals surface area contributed by atoms with E-state index in [2.05, 4.69) is 6.92 Å². The average Bonchev–Trinajstić information content (AvgIpc) is 2.37. The SMILES string of the molecule is CCCc1coc(C=O)c1.[H+].[H+]. The number of rotatable bonds is 3. The number of carbonyl (C=O) groups is 1. The van der Waals surface area contributed by atoms with Crippen LogP contribution in [0, 0.1) is 0 Å². The van der Waals surface area contributed by atoms with Gasteiger partial charge in [0.25, 0.3) is 0 Å². The third kappa shape index (κ3) is 1.47. The van der Waals surface area contributed by atoms with E-state index in [0.717, 1.165) is 24.7 Å². The highest BCUT2D eigenvalue weighted by Crippen LogP contribution is 2.07. The van der Waals surface area contributed by atoms with Crippen LogP contribution in [0.2, 0.25) is 0 Å². The molecule has 0 atom stereocenters. The van der Waals surface area contributed by atoms with Crippen LogP contribution in [-0.2, 0) is 6.42 Å². The molecule has 0 fully saturated rings. The van der Waals surface area contributed by atoms with Gasteiger partial charge in [0.1, 0.15) is 0 Å². The molecule has 0 amide bonds. The molecule has 0 saturated heterocycles. The zero-order valence-electron chi connectivity index (χ0n) is 7.96. The summed E-state index contributed by atoms with van der Waals surface area (Å²) < 4.78 is 4.90. The van der Waals surface area contributed by atoms with Crippen LogP contribution < -0.4 is 0 Å². The average molecular weight is 140 g/mol. The lowest BCUT2D eigenvalue weighted by Crippen LogP contribution is -1.76. The van der Waals surface area contributed by atoms with E-state index >= 15 is 0 Å². The van der Waals surface area contributed by atoms with Crippen LogP contribution in [0.3, 0.4) is 0 Å². The molecule has 0 aliphatic heterocycles. The molecule has 0 unspecified atom stereocenters. The van der Waals surface area contributed by atoms with Gasteiger partial charge < -0.3 is 4.42 Å². The fourth-order valence-electron chi connectivity index (χ4n) is 0.876. The van der Waals surface area contributed by atoms with Gasteiger partial charge in [0.2, 0.25) is 0 Å². The number of furan rings is 1. The van der Waals surface area contributed by atoms with Gasteiger partial charge in [0.05, 0.1) is 6.26 Å². The Morgan fingerprint density at radius 2 is 2.60 bits per heavy atom. The Kier molecular flexibility index (Phi) is 2.26. The predicted octanol–water partition coefficient (Wildman–Crippen LogP) is 2.27. The van der Waals surface area contributed by atoms with Crippen LogP contribution in [0.15, 0.2) is 16.7 Å². The van der Waals surface area contributed by atoms with E-state index in [1.54, 1.807) is 12.3 Å². The van der Waals surface area contributed by atoms with E-state index < -0.39 is 0 Å². The van der Waals surface area contributed by atoms with E-state index in [0.29, 0.717) is 5.76 Å². The van der Waals surface area contributed by atoms with Crippen molar-refractivity contribution in [1.29, 1.82) is 0 Å². The fraction of sp³-hybridized carbons (Fsp3) is 0.375. The second kappa shape index (κ2) is 3.20. The Balaban J connectivity index is 0. The molecule has 0 radical (unpaired) electrons. The molecule has 0 aliphatic carbocycles. The number of hydrogen-bond acceptors (Lipinski definition) is 2. The van der Waals surface area contributed by atoms with Crippen molar-refractivity contribution in [3.8, 4) is 0 Å². The first-order valence-corrected chi connectivity index (χ1v) is 3.39. The Bertz CT molecular complexity index is 221. The Labute approximate surface area is 62.8 Å². The van der Waals surface area contributed by atoms with Gasteiger partial charge in [-0.1, -0.05) is 13.3 Å². The lowest BCUT2D eigenvalue weighted by atomic mass is 10.2. The number of hydrogen-bond donors (Lipinski definition) is 0. The first kappa shape index (κ1) is 7.06. The molecule has 1 aromatic heterocycles. The smallest absolute Gasteiger partial charge is 0.461 e. The summed E-state index contributed by atoms with van der Waals surface area (Å²) >= 11 is 0. The van der Waals surface area contributed by atoms with Crippen molar-refractivity contribution >= 4 is 6.29 Å². The van der Waals surface area contributed by atoms with Crippen LogP contribution in [0.1, 0.15) is 32.3 Å². The quantitative estimate of drug-likeness (QED) is 0.603. The molecule has 10 heavy (non-hydrogen) atoms. The minimum atomic E-state index is 0. The minimum absolute atomic E-state index is 0. The summed E-state index contributed by atoms with van der Waals surface area (Å²) in [4.78, 5) is 10.1. The summed E-state index contributed by atoms with van der Waals surface area (Å²) in [5, 5.41) is 0. The van der Waals surface area contributed by atoms with Gasteiger partial charge >= 0.3 is 2.85 Å². The maximum absolute atomic E-state index is 10.1. The lowest BCUT2D eigenvalue weighted by molar-refractivity contribution is 0.110. The van der Waals surface area contributed by atoms with Gasteiger partial charge in [-0.3, -0.25) is 4.79 Å². The van der Waals surface area contributed by atoms with Gasteiger partial charge in [0, 0.05) is 0 Å². The fourth-order valence-corrected chi connectivity index (χ4v) is 0.876. The first-order valence-electron chi connectivity index (χ1n) is 3.39. The summed E-state index contributed by atoms with van der Waals surface area (Å²) in [5.41, 5.74) is 1.10. The van der Waals surface area contributed by atoms with Crippen molar-refractivity contribution in [2.24, 2.45) is 0 Å². The lowest BCUT2D eigenvalue weighted by Gasteiger charge is -1.84. The van der Waals surface area contributed by atoms with E-state index in [1.165, 1.54) is 0 Å². The molecule has 2 nitrogen and oxygen atoms in total.